The zero-order valence-electron chi connectivity index (χ0n) is 12.3. The molecule has 19 heavy (non-hydrogen) atoms. The molecule has 0 aromatic rings. The van der Waals surface area contributed by atoms with Crippen LogP contribution in [0.5, 0.6) is 0 Å². The summed E-state index contributed by atoms with van der Waals surface area (Å²) in [4.78, 5) is 14.0. The lowest BCUT2D eigenvalue weighted by atomic mass is 9.86. The number of ether oxygens (including phenoxy) is 1. The van der Waals surface area contributed by atoms with Gasteiger partial charge in [0.1, 0.15) is 5.60 Å². The zero-order valence-corrected chi connectivity index (χ0v) is 12.3. The average Bonchev–Trinajstić information content (AvgIpc) is 2.38. The summed E-state index contributed by atoms with van der Waals surface area (Å²) in [5, 5.41) is 3.55. The number of piperazine rings is 1. The maximum absolute atomic E-state index is 12.1. The van der Waals surface area contributed by atoms with Crippen LogP contribution in [0.15, 0.2) is 12.2 Å². The Morgan fingerprint density at radius 1 is 1.37 bits per heavy atom. The monoisotopic (exact) mass is 266 g/mol. The Bertz CT molecular complexity index is 347. The van der Waals surface area contributed by atoms with E-state index in [1.54, 1.807) is 0 Å². The number of rotatable bonds is 1. The predicted molar refractivity (Wildman–Crippen MR) is 76.1 cm³/mol. The summed E-state index contributed by atoms with van der Waals surface area (Å²) in [5.74, 6) is 0.648. The van der Waals surface area contributed by atoms with E-state index in [0.29, 0.717) is 12.0 Å². The lowest BCUT2D eigenvalue weighted by molar-refractivity contribution is 0.0170. The molecule has 2 rings (SSSR count). The molecule has 1 fully saturated rings. The van der Waals surface area contributed by atoms with Gasteiger partial charge in [-0.25, -0.2) is 4.79 Å². The van der Waals surface area contributed by atoms with Gasteiger partial charge >= 0.3 is 6.09 Å². The Morgan fingerprint density at radius 3 is 2.79 bits per heavy atom. The van der Waals surface area contributed by atoms with Crippen molar-refractivity contribution in [3.8, 4) is 0 Å². The maximum Gasteiger partial charge on any atom is 0.410 e. The van der Waals surface area contributed by atoms with Crippen LogP contribution in [0.3, 0.4) is 0 Å². The van der Waals surface area contributed by atoms with E-state index >= 15 is 0 Å². The van der Waals surface area contributed by atoms with Gasteiger partial charge in [0.05, 0.1) is 0 Å². The van der Waals surface area contributed by atoms with Crippen LogP contribution >= 0.6 is 0 Å². The van der Waals surface area contributed by atoms with Crippen LogP contribution in [0.1, 0.15) is 40.0 Å². The van der Waals surface area contributed by atoms with Crippen LogP contribution < -0.4 is 5.32 Å². The van der Waals surface area contributed by atoms with Gasteiger partial charge in [-0.3, -0.25) is 0 Å². The van der Waals surface area contributed by atoms with E-state index in [0.717, 1.165) is 32.5 Å². The van der Waals surface area contributed by atoms with E-state index in [-0.39, 0.29) is 6.09 Å². The Balaban J connectivity index is 1.89. The van der Waals surface area contributed by atoms with Crippen molar-refractivity contribution in [3.05, 3.63) is 12.2 Å². The molecule has 0 aromatic heterocycles. The van der Waals surface area contributed by atoms with Gasteiger partial charge in [0.15, 0.2) is 0 Å². The summed E-state index contributed by atoms with van der Waals surface area (Å²) < 4.78 is 5.46. The molecule has 1 aliphatic carbocycles. The van der Waals surface area contributed by atoms with E-state index in [1.165, 1.54) is 6.42 Å². The van der Waals surface area contributed by atoms with Gasteiger partial charge in [0, 0.05) is 25.7 Å². The van der Waals surface area contributed by atoms with Crippen LogP contribution in [-0.4, -0.2) is 42.3 Å². The van der Waals surface area contributed by atoms with Gasteiger partial charge in [0.2, 0.25) is 0 Å². The molecule has 1 N–H and O–H groups in total. The standard InChI is InChI=1S/C15H26N2O2/c1-15(2,3)19-14(18)17-10-9-16-13(11-17)12-7-5-4-6-8-12/h4-5,12-13,16H,6-11H2,1-3H3. The SMILES string of the molecule is CC(C)(C)OC(=O)N1CCNC(C2CC=CCC2)C1. The number of allylic oxidation sites excluding steroid dienone is 2. The van der Waals surface area contributed by atoms with E-state index in [2.05, 4.69) is 17.5 Å². The molecule has 0 aromatic carbocycles. The minimum Gasteiger partial charge on any atom is -0.444 e. The first kappa shape index (κ1) is 14.4. The van der Waals surface area contributed by atoms with Crippen molar-refractivity contribution in [3.63, 3.8) is 0 Å². The average molecular weight is 266 g/mol. The molecular formula is C15H26N2O2. The largest absolute Gasteiger partial charge is 0.444 e. The first-order valence-electron chi connectivity index (χ1n) is 7.32. The van der Waals surface area contributed by atoms with Gasteiger partial charge in [0.25, 0.3) is 0 Å². The molecular weight excluding hydrogens is 240 g/mol. The molecule has 2 unspecified atom stereocenters. The third kappa shape index (κ3) is 4.23. The first-order chi connectivity index (χ1) is 8.96. The highest BCUT2D eigenvalue weighted by molar-refractivity contribution is 5.68. The number of nitrogens with one attached hydrogen (secondary N) is 1. The highest BCUT2D eigenvalue weighted by Crippen LogP contribution is 2.24. The quantitative estimate of drug-likeness (QED) is 0.742. The van der Waals surface area contributed by atoms with Crippen LogP contribution in [0.25, 0.3) is 0 Å². The molecule has 0 saturated carbocycles. The topological polar surface area (TPSA) is 41.6 Å². The second-order valence-corrected chi connectivity index (χ2v) is 6.53. The highest BCUT2D eigenvalue weighted by atomic mass is 16.6. The fraction of sp³-hybridized carbons (Fsp3) is 0.800. The molecule has 1 heterocycles. The van der Waals surface area contributed by atoms with E-state index in [1.807, 2.05) is 25.7 Å². The van der Waals surface area contributed by atoms with Crippen molar-refractivity contribution < 1.29 is 9.53 Å². The molecule has 0 radical (unpaired) electrons. The molecule has 1 saturated heterocycles. The molecule has 1 aliphatic heterocycles. The van der Waals surface area contributed by atoms with E-state index < -0.39 is 5.60 Å². The number of nitrogens with zero attached hydrogens (tertiary/aromatic N) is 1. The van der Waals surface area contributed by atoms with Crippen molar-refractivity contribution in [2.24, 2.45) is 5.92 Å². The third-order valence-electron chi connectivity index (χ3n) is 3.74. The van der Waals surface area contributed by atoms with Crippen LogP contribution in [0.4, 0.5) is 4.79 Å². The summed E-state index contributed by atoms with van der Waals surface area (Å²) in [6.07, 6.45) is 7.85. The first-order valence-corrected chi connectivity index (χ1v) is 7.32. The Kier molecular flexibility index (Phi) is 4.50. The van der Waals surface area contributed by atoms with Gasteiger partial charge in [-0.1, -0.05) is 12.2 Å². The Morgan fingerprint density at radius 2 is 2.16 bits per heavy atom. The summed E-state index contributed by atoms with van der Waals surface area (Å²) in [5.41, 5.74) is -0.412. The lowest BCUT2D eigenvalue weighted by Gasteiger charge is -2.38. The third-order valence-corrected chi connectivity index (χ3v) is 3.74. The van der Waals surface area contributed by atoms with Crippen molar-refractivity contribution in [2.75, 3.05) is 19.6 Å². The van der Waals surface area contributed by atoms with Crippen molar-refractivity contribution in [1.82, 2.24) is 10.2 Å². The van der Waals surface area contributed by atoms with E-state index in [9.17, 15) is 4.79 Å². The number of carbonyl (C=O) groups is 1. The molecule has 2 atom stereocenters. The molecule has 0 spiro atoms. The van der Waals surface area contributed by atoms with Gasteiger partial charge in [-0.05, 0) is 46.0 Å². The van der Waals surface area contributed by atoms with E-state index in [4.69, 9.17) is 4.74 Å². The van der Waals surface area contributed by atoms with Crippen LogP contribution in [0.2, 0.25) is 0 Å². The summed E-state index contributed by atoms with van der Waals surface area (Å²) in [6.45, 7) is 8.12. The highest BCUT2D eigenvalue weighted by Gasteiger charge is 2.31. The second kappa shape index (κ2) is 5.95. The number of hydrogen-bond acceptors (Lipinski definition) is 3. The summed E-state index contributed by atoms with van der Waals surface area (Å²) in [6, 6.07) is 0.409. The van der Waals surface area contributed by atoms with Gasteiger partial charge < -0.3 is 15.0 Å². The minimum absolute atomic E-state index is 0.176. The van der Waals surface area contributed by atoms with Gasteiger partial charge in [-0.15, -0.1) is 0 Å². The summed E-state index contributed by atoms with van der Waals surface area (Å²) in [7, 11) is 0. The van der Waals surface area contributed by atoms with Crippen molar-refractivity contribution >= 4 is 6.09 Å². The zero-order chi connectivity index (χ0) is 13.9. The fourth-order valence-corrected chi connectivity index (χ4v) is 2.77. The van der Waals surface area contributed by atoms with Crippen molar-refractivity contribution in [1.29, 1.82) is 0 Å². The molecule has 4 heteroatoms. The van der Waals surface area contributed by atoms with Crippen LogP contribution in [-0.2, 0) is 4.74 Å². The van der Waals surface area contributed by atoms with Crippen LogP contribution in [0, 0.1) is 5.92 Å². The number of carbonyl (C=O) groups excluding carboxylic acids is 1. The molecule has 2 aliphatic rings. The normalized spacial score (nSPS) is 28.3. The molecule has 4 nitrogen and oxygen atoms in total. The molecule has 1 amide bonds. The second-order valence-electron chi connectivity index (χ2n) is 6.53. The maximum atomic E-state index is 12.1. The Labute approximate surface area is 116 Å². The smallest absolute Gasteiger partial charge is 0.410 e. The number of hydrogen-bond donors (Lipinski definition) is 1. The molecule has 0 bridgehead atoms. The predicted octanol–water partition coefficient (Wildman–Crippen LogP) is 2.55. The minimum atomic E-state index is -0.412. The molecule has 108 valence electrons. The fourth-order valence-electron chi connectivity index (χ4n) is 2.77. The Hall–Kier alpha value is -1.03. The summed E-state index contributed by atoms with van der Waals surface area (Å²) >= 11 is 0. The van der Waals surface area contributed by atoms with Gasteiger partial charge in [-0.2, -0.15) is 0 Å². The lowest BCUT2D eigenvalue weighted by Crippen LogP contribution is -2.56. The van der Waals surface area contributed by atoms with Crippen molar-refractivity contribution in [2.45, 2.75) is 51.7 Å². The number of amides is 1.